The second-order valence-electron chi connectivity index (χ2n) is 5.13. The van der Waals surface area contributed by atoms with Crippen molar-refractivity contribution in [3.63, 3.8) is 0 Å². The van der Waals surface area contributed by atoms with Crippen LogP contribution in [0.2, 0.25) is 0 Å². The van der Waals surface area contributed by atoms with E-state index in [1.54, 1.807) is 6.07 Å². The van der Waals surface area contributed by atoms with E-state index in [0.717, 1.165) is 18.3 Å². The van der Waals surface area contributed by atoms with Crippen LogP contribution in [0.1, 0.15) is 16.7 Å². The Labute approximate surface area is 167 Å². The highest BCUT2D eigenvalue weighted by Gasteiger charge is 2.07. The van der Waals surface area contributed by atoms with Gasteiger partial charge in [0.25, 0.3) is 5.91 Å². The van der Waals surface area contributed by atoms with Crippen molar-refractivity contribution in [2.75, 3.05) is 6.61 Å². The van der Waals surface area contributed by atoms with Crippen molar-refractivity contribution in [1.82, 2.24) is 5.43 Å². The molecular weight excluding hydrogens is 534 g/mol. The van der Waals surface area contributed by atoms with E-state index in [9.17, 15) is 9.90 Å². The van der Waals surface area contributed by atoms with Gasteiger partial charge >= 0.3 is 0 Å². The summed E-state index contributed by atoms with van der Waals surface area (Å²) in [6.07, 6.45) is 1.41. The minimum absolute atomic E-state index is 0.126. The van der Waals surface area contributed by atoms with Crippen LogP contribution in [-0.2, 0) is 4.79 Å². The quantitative estimate of drug-likeness (QED) is 0.339. The van der Waals surface area contributed by atoms with Gasteiger partial charge in [0.15, 0.2) is 6.61 Å². The largest absolute Gasteiger partial charge is 0.506 e. The Morgan fingerprint density at radius 2 is 1.96 bits per heavy atom. The number of nitrogens with zero attached hydrogens (tertiary/aromatic N) is 1. The molecule has 0 heterocycles. The van der Waals surface area contributed by atoms with Gasteiger partial charge in [-0.15, -0.1) is 0 Å². The third-order valence-corrected chi connectivity index (χ3v) is 4.65. The molecule has 0 atom stereocenters. The Morgan fingerprint density at radius 1 is 1.29 bits per heavy atom. The molecule has 0 bridgehead atoms. The Balaban J connectivity index is 1.94. The van der Waals surface area contributed by atoms with Crippen LogP contribution in [0, 0.1) is 21.0 Å². The maximum Gasteiger partial charge on any atom is 0.277 e. The van der Waals surface area contributed by atoms with Gasteiger partial charge in [0.05, 0.1) is 9.78 Å². The molecule has 2 aromatic carbocycles. The Kier molecular flexibility index (Phi) is 6.84. The van der Waals surface area contributed by atoms with E-state index in [-0.39, 0.29) is 18.3 Å². The summed E-state index contributed by atoms with van der Waals surface area (Å²) in [7, 11) is 0. The number of carbonyl (C=O) groups excluding carboxylic acids is 1. The summed E-state index contributed by atoms with van der Waals surface area (Å²) >= 11 is 4.20. The molecule has 0 radical (unpaired) electrons. The summed E-state index contributed by atoms with van der Waals surface area (Å²) in [5.41, 5.74) is 4.89. The number of hydrogen-bond donors (Lipinski definition) is 2. The lowest BCUT2D eigenvalue weighted by Crippen LogP contribution is -2.25. The van der Waals surface area contributed by atoms with Crippen LogP contribution in [0.3, 0.4) is 0 Å². The van der Waals surface area contributed by atoms with E-state index in [1.807, 2.05) is 60.7 Å². The Bertz CT molecular complexity index is 771. The number of aromatic hydroxyl groups is 1. The van der Waals surface area contributed by atoms with Crippen molar-refractivity contribution in [2.45, 2.75) is 13.8 Å². The number of phenols is 1. The topological polar surface area (TPSA) is 70.9 Å². The summed E-state index contributed by atoms with van der Waals surface area (Å²) in [6, 6.07) is 9.43. The van der Waals surface area contributed by atoms with Crippen molar-refractivity contribution in [1.29, 1.82) is 0 Å². The fourth-order valence-corrected chi connectivity index (χ4v) is 3.94. The second-order valence-corrected chi connectivity index (χ2v) is 7.54. The number of carbonyl (C=O) groups is 1. The number of phenolic OH excluding ortho intramolecular Hbond substituents is 1. The molecule has 7 heteroatoms. The molecular formula is C17H16I2N2O3. The number of benzene rings is 2. The van der Waals surface area contributed by atoms with Crippen molar-refractivity contribution in [3.05, 3.63) is 54.2 Å². The van der Waals surface area contributed by atoms with Gasteiger partial charge in [0.1, 0.15) is 11.5 Å². The van der Waals surface area contributed by atoms with Crippen molar-refractivity contribution < 1.29 is 14.6 Å². The van der Waals surface area contributed by atoms with Crippen LogP contribution in [-0.4, -0.2) is 23.8 Å². The van der Waals surface area contributed by atoms with E-state index >= 15 is 0 Å². The molecule has 0 aromatic heterocycles. The van der Waals surface area contributed by atoms with Crippen LogP contribution in [0.25, 0.3) is 0 Å². The lowest BCUT2D eigenvalue weighted by Gasteiger charge is -2.10. The predicted octanol–water partition coefficient (Wildman–Crippen LogP) is 3.75. The van der Waals surface area contributed by atoms with Gasteiger partial charge < -0.3 is 9.84 Å². The highest BCUT2D eigenvalue weighted by molar-refractivity contribution is 14.1. The molecule has 0 unspecified atom stereocenters. The van der Waals surface area contributed by atoms with Crippen molar-refractivity contribution in [3.8, 4) is 11.5 Å². The first-order valence-electron chi connectivity index (χ1n) is 7.07. The average molecular weight is 550 g/mol. The van der Waals surface area contributed by atoms with E-state index < -0.39 is 0 Å². The molecule has 5 nitrogen and oxygen atoms in total. The smallest absolute Gasteiger partial charge is 0.277 e. The number of amides is 1. The molecule has 2 aromatic rings. The standard InChI is InChI=1S/C17H16I2N2O3/c1-10-4-3-5-11(2)17(10)24-9-15(22)21-20-8-12-6-13(18)7-14(19)16(12)23/h3-8,23H,9H2,1-2H3,(H,21,22)/b20-8-. The number of hydrazone groups is 1. The van der Waals surface area contributed by atoms with Crippen LogP contribution >= 0.6 is 45.2 Å². The predicted molar refractivity (Wildman–Crippen MR) is 111 cm³/mol. The highest BCUT2D eigenvalue weighted by Crippen LogP contribution is 2.25. The molecule has 0 aliphatic heterocycles. The number of halogens is 2. The second kappa shape index (κ2) is 8.65. The monoisotopic (exact) mass is 550 g/mol. The molecule has 0 saturated carbocycles. The van der Waals surface area contributed by atoms with Gasteiger partial charge in [-0.3, -0.25) is 4.79 Å². The highest BCUT2D eigenvalue weighted by atomic mass is 127. The normalized spacial score (nSPS) is 10.8. The number of ether oxygens (including phenoxy) is 1. The molecule has 2 N–H and O–H groups in total. The number of aryl methyl sites for hydroxylation is 2. The average Bonchev–Trinajstić information content (AvgIpc) is 2.51. The summed E-state index contributed by atoms with van der Waals surface area (Å²) in [4.78, 5) is 11.8. The number of hydrogen-bond acceptors (Lipinski definition) is 4. The molecule has 0 saturated heterocycles. The molecule has 0 aliphatic carbocycles. The van der Waals surface area contributed by atoms with Gasteiger partial charge in [-0.2, -0.15) is 5.10 Å². The molecule has 126 valence electrons. The minimum Gasteiger partial charge on any atom is -0.506 e. The molecule has 0 fully saturated rings. The van der Waals surface area contributed by atoms with Crippen LogP contribution < -0.4 is 10.2 Å². The van der Waals surface area contributed by atoms with Crippen LogP contribution in [0.5, 0.6) is 11.5 Å². The van der Waals surface area contributed by atoms with E-state index in [1.165, 1.54) is 6.21 Å². The molecule has 0 aliphatic rings. The maximum atomic E-state index is 11.8. The SMILES string of the molecule is Cc1cccc(C)c1OCC(=O)N/N=C\c1cc(I)cc(I)c1O. The van der Waals surface area contributed by atoms with Gasteiger partial charge in [0, 0.05) is 9.13 Å². The van der Waals surface area contributed by atoms with Gasteiger partial charge in [0.2, 0.25) is 0 Å². The Hall–Kier alpha value is -1.36. The zero-order valence-corrected chi connectivity index (χ0v) is 17.5. The maximum absolute atomic E-state index is 11.8. The lowest BCUT2D eigenvalue weighted by atomic mass is 10.1. The summed E-state index contributed by atoms with van der Waals surface area (Å²) in [5.74, 6) is 0.482. The van der Waals surface area contributed by atoms with Gasteiger partial charge in [-0.1, -0.05) is 18.2 Å². The van der Waals surface area contributed by atoms with E-state index in [2.05, 4.69) is 33.1 Å². The first kappa shape index (κ1) is 19.0. The zero-order valence-electron chi connectivity index (χ0n) is 13.1. The lowest BCUT2D eigenvalue weighted by molar-refractivity contribution is -0.123. The van der Waals surface area contributed by atoms with Crippen LogP contribution in [0.15, 0.2) is 35.4 Å². The third-order valence-electron chi connectivity index (χ3n) is 3.21. The van der Waals surface area contributed by atoms with Crippen molar-refractivity contribution in [2.24, 2.45) is 5.10 Å². The first-order valence-corrected chi connectivity index (χ1v) is 9.23. The summed E-state index contributed by atoms with van der Waals surface area (Å²) < 4.78 is 7.26. The number of para-hydroxylation sites is 1. The Morgan fingerprint density at radius 3 is 2.62 bits per heavy atom. The summed E-state index contributed by atoms with van der Waals surface area (Å²) in [6.45, 7) is 3.73. The fraction of sp³-hybridized carbons (Fsp3) is 0.176. The fourth-order valence-electron chi connectivity index (χ4n) is 2.05. The van der Waals surface area contributed by atoms with Crippen molar-refractivity contribution >= 4 is 57.3 Å². The zero-order chi connectivity index (χ0) is 17.7. The van der Waals surface area contributed by atoms with E-state index in [4.69, 9.17) is 4.74 Å². The first-order chi connectivity index (χ1) is 11.4. The molecule has 1 amide bonds. The number of nitrogens with one attached hydrogen (secondary N) is 1. The number of rotatable bonds is 5. The summed E-state index contributed by atoms with van der Waals surface area (Å²) in [5, 5.41) is 13.8. The minimum atomic E-state index is -0.367. The van der Waals surface area contributed by atoms with Gasteiger partial charge in [-0.25, -0.2) is 5.43 Å². The molecule has 0 spiro atoms. The molecule has 24 heavy (non-hydrogen) atoms. The third kappa shape index (κ3) is 5.07. The van der Waals surface area contributed by atoms with Crippen LogP contribution in [0.4, 0.5) is 0 Å². The molecule has 2 rings (SSSR count). The van der Waals surface area contributed by atoms with Gasteiger partial charge in [-0.05, 0) is 82.3 Å². The van der Waals surface area contributed by atoms with E-state index in [0.29, 0.717) is 11.3 Å².